The summed E-state index contributed by atoms with van der Waals surface area (Å²) in [5.41, 5.74) is 0. The van der Waals surface area contributed by atoms with E-state index in [9.17, 15) is 14.0 Å². The Kier molecular flexibility index (Phi) is 2.68. The summed E-state index contributed by atoms with van der Waals surface area (Å²) in [5, 5.41) is 0. The Hall–Kier alpha value is -1.05. The molecule has 0 aromatic carbocycles. The fraction of sp³-hybridized carbons (Fsp3) is 0.222. The number of hydrogen-bond donors (Lipinski definition) is 0. The van der Waals surface area contributed by atoms with Gasteiger partial charge in [-0.25, -0.2) is 9.37 Å². The highest BCUT2D eigenvalue weighted by Crippen LogP contribution is 2.23. The van der Waals surface area contributed by atoms with Gasteiger partial charge in [0.1, 0.15) is 11.6 Å². The molecule has 0 atom stereocenters. The number of ketones is 1. The molecule has 1 fully saturated rings. The second kappa shape index (κ2) is 3.84. The van der Waals surface area contributed by atoms with E-state index in [1.165, 1.54) is 11.0 Å². The van der Waals surface area contributed by atoms with Gasteiger partial charge < -0.3 is 0 Å². The van der Waals surface area contributed by atoms with E-state index in [2.05, 4.69) is 4.98 Å². The molecule has 1 aliphatic rings. The van der Waals surface area contributed by atoms with Crippen molar-refractivity contribution in [2.24, 2.45) is 0 Å². The van der Waals surface area contributed by atoms with Gasteiger partial charge in [0.25, 0.3) is 0 Å². The quantitative estimate of drug-likeness (QED) is 0.576. The zero-order chi connectivity index (χ0) is 11.0. The molecule has 0 N–H and O–H groups in total. The van der Waals surface area contributed by atoms with E-state index >= 15 is 0 Å². The van der Waals surface area contributed by atoms with Gasteiger partial charge in [0, 0.05) is 0 Å². The van der Waals surface area contributed by atoms with Gasteiger partial charge in [-0.05, 0) is 28.7 Å². The van der Waals surface area contributed by atoms with Crippen molar-refractivity contribution in [2.75, 3.05) is 11.4 Å². The third-order valence-corrected chi connectivity index (χ3v) is 2.82. The molecule has 0 radical (unpaired) electrons. The molecule has 15 heavy (non-hydrogen) atoms. The molecule has 0 saturated carbocycles. The van der Waals surface area contributed by atoms with E-state index in [1.54, 1.807) is 0 Å². The van der Waals surface area contributed by atoms with Crippen LogP contribution in [0.15, 0.2) is 12.3 Å². The topological polar surface area (TPSA) is 50.3 Å². The summed E-state index contributed by atoms with van der Waals surface area (Å²) in [6.45, 7) is 0.0352. The second-order valence-electron chi connectivity index (χ2n) is 3.15. The number of halogens is 2. The number of hydrogen-bond acceptors (Lipinski definition) is 3. The third kappa shape index (κ3) is 1.99. The Balaban J connectivity index is 2.38. The summed E-state index contributed by atoms with van der Waals surface area (Å²) >= 11 is 1.89. The first kappa shape index (κ1) is 10.5. The highest BCUT2D eigenvalue weighted by atomic mass is 127. The van der Waals surface area contributed by atoms with E-state index in [0.717, 1.165) is 6.20 Å². The van der Waals surface area contributed by atoms with E-state index in [1.807, 2.05) is 22.6 Å². The summed E-state index contributed by atoms with van der Waals surface area (Å²) in [6.07, 6.45) is 0.947. The molecule has 1 aliphatic heterocycles. The van der Waals surface area contributed by atoms with Crippen LogP contribution in [0.4, 0.5) is 10.2 Å². The van der Waals surface area contributed by atoms with E-state index in [4.69, 9.17) is 0 Å². The molecule has 0 bridgehead atoms. The molecule has 1 aromatic rings. The monoisotopic (exact) mass is 320 g/mol. The van der Waals surface area contributed by atoms with Gasteiger partial charge in [-0.3, -0.25) is 14.5 Å². The largest absolute Gasteiger partial charge is 0.297 e. The molecule has 0 spiro atoms. The van der Waals surface area contributed by atoms with Crippen molar-refractivity contribution in [2.45, 2.75) is 6.42 Å². The van der Waals surface area contributed by atoms with Crippen LogP contribution in [0.1, 0.15) is 6.42 Å². The minimum atomic E-state index is -0.457. The molecule has 0 aliphatic carbocycles. The molecule has 4 nitrogen and oxygen atoms in total. The van der Waals surface area contributed by atoms with Gasteiger partial charge in [0.05, 0.1) is 22.7 Å². The zero-order valence-electron chi connectivity index (χ0n) is 7.54. The van der Waals surface area contributed by atoms with Crippen LogP contribution in [0.25, 0.3) is 0 Å². The van der Waals surface area contributed by atoms with Crippen molar-refractivity contribution in [3.05, 3.63) is 21.7 Å². The van der Waals surface area contributed by atoms with Crippen molar-refractivity contribution >= 4 is 40.1 Å². The van der Waals surface area contributed by atoms with Crippen LogP contribution in [0.2, 0.25) is 0 Å². The molecule has 0 unspecified atom stereocenters. The maximum Gasteiger partial charge on any atom is 0.236 e. The molecular formula is C9H6FIN2O2. The zero-order valence-corrected chi connectivity index (χ0v) is 9.69. The first-order valence-electron chi connectivity index (χ1n) is 4.21. The normalized spacial score (nSPS) is 16.3. The van der Waals surface area contributed by atoms with Gasteiger partial charge in [0.2, 0.25) is 5.91 Å². The minimum Gasteiger partial charge on any atom is -0.297 e. The van der Waals surface area contributed by atoms with E-state index in [-0.39, 0.29) is 24.7 Å². The smallest absolute Gasteiger partial charge is 0.236 e. The number of carbonyl (C=O) groups excluding carboxylic acids is 2. The highest BCUT2D eigenvalue weighted by molar-refractivity contribution is 14.1. The Morgan fingerprint density at radius 1 is 1.47 bits per heavy atom. The van der Waals surface area contributed by atoms with Gasteiger partial charge in [0.15, 0.2) is 5.78 Å². The second-order valence-corrected chi connectivity index (χ2v) is 4.32. The lowest BCUT2D eigenvalue weighted by atomic mass is 10.3. The van der Waals surface area contributed by atoms with Crippen LogP contribution in [-0.4, -0.2) is 23.2 Å². The number of pyridine rings is 1. The molecular weight excluding hydrogens is 314 g/mol. The van der Waals surface area contributed by atoms with Crippen molar-refractivity contribution in [3.8, 4) is 0 Å². The molecule has 6 heteroatoms. The average molecular weight is 320 g/mol. The highest BCUT2D eigenvalue weighted by Gasteiger charge is 2.30. The van der Waals surface area contributed by atoms with Crippen LogP contribution in [0.3, 0.4) is 0 Å². The molecule has 1 aromatic heterocycles. The predicted molar refractivity (Wildman–Crippen MR) is 58.9 cm³/mol. The van der Waals surface area contributed by atoms with Crippen LogP contribution in [0, 0.1) is 9.39 Å². The van der Waals surface area contributed by atoms with E-state index in [0.29, 0.717) is 9.39 Å². The fourth-order valence-corrected chi connectivity index (χ4v) is 2.11. The van der Waals surface area contributed by atoms with Crippen LogP contribution >= 0.6 is 22.6 Å². The predicted octanol–water partition coefficient (Wildman–Crippen LogP) is 1.13. The van der Waals surface area contributed by atoms with Crippen LogP contribution < -0.4 is 4.90 Å². The molecule has 78 valence electrons. The molecule has 1 saturated heterocycles. The lowest BCUT2D eigenvalue weighted by Crippen LogP contribution is -2.26. The van der Waals surface area contributed by atoms with Gasteiger partial charge in [-0.2, -0.15) is 0 Å². The summed E-state index contributed by atoms with van der Waals surface area (Å²) in [6, 6.07) is 1.28. The molecule has 2 rings (SSSR count). The van der Waals surface area contributed by atoms with Gasteiger partial charge >= 0.3 is 0 Å². The number of aromatic nitrogens is 1. The maximum absolute atomic E-state index is 12.8. The van der Waals surface area contributed by atoms with Gasteiger partial charge in [-0.15, -0.1) is 0 Å². The first-order valence-corrected chi connectivity index (χ1v) is 5.29. The number of rotatable bonds is 1. The molecule has 1 amide bonds. The van der Waals surface area contributed by atoms with Gasteiger partial charge in [-0.1, -0.05) is 0 Å². The third-order valence-electron chi connectivity index (χ3n) is 2.03. The standard InChI is InChI=1S/C9H6FIN2O2/c10-5-1-7(11)9(12-3-5)13-4-6(14)2-8(13)15/h1,3H,2,4H2. The number of amides is 1. The van der Waals surface area contributed by atoms with Crippen molar-refractivity contribution in [1.29, 1.82) is 0 Å². The van der Waals surface area contributed by atoms with E-state index < -0.39 is 5.82 Å². The SMILES string of the molecule is O=C1CC(=O)N(c2ncc(F)cc2I)C1. The fourth-order valence-electron chi connectivity index (χ4n) is 1.38. The summed E-state index contributed by atoms with van der Waals surface area (Å²) in [5.74, 6) is -0.520. The van der Waals surface area contributed by atoms with Crippen LogP contribution in [-0.2, 0) is 9.59 Å². The van der Waals surface area contributed by atoms with Crippen molar-refractivity contribution in [1.82, 2.24) is 4.98 Å². The summed E-state index contributed by atoms with van der Waals surface area (Å²) in [4.78, 5) is 27.5. The van der Waals surface area contributed by atoms with Crippen molar-refractivity contribution in [3.63, 3.8) is 0 Å². The minimum absolute atomic E-state index is 0.0352. The lowest BCUT2D eigenvalue weighted by Gasteiger charge is -2.14. The molecule has 2 heterocycles. The number of anilines is 1. The maximum atomic E-state index is 12.8. The number of carbonyl (C=O) groups is 2. The summed E-state index contributed by atoms with van der Waals surface area (Å²) in [7, 11) is 0. The Morgan fingerprint density at radius 2 is 2.20 bits per heavy atom. The number of Topliss-reactive ketones (excluding diaryl/α,β-unsaturated/α-hetero) is 1. The van der Waals surface area contributed by atoms with Crippen molar-refractivity contribution < 1.29 is 14.0 Å². The van der Waals surface area contributed by atoms with Crippen LogP contribution in [0.5, 0.6) is 0 Å². The lowest BCUT2D eigenvalue weighted by molar-refractivity contribution is -0.121. The Bertz CT molecular complexity index is 450. The average Bonchev–Trinajstić information content (AvgIpc) is 2.45. The number of nitrogens with zero attached hydrogens (tertiary/aromatic N) is 2. The Labute approximate surface area is 98.6 Å². The first-order chi connectivity index (χ1) is 7.08. The summed E-state index contributed by atoms with van der Waals surface area (Å²) < 4.78 is 13.3. The Morgan fingerprint density at radius 3 is 2.73 bits per heavy atom.